The van der Waals surface area contributed by atoms with Crippen LogP contribution < -0.4 is 10.6 Å². The predicted octanol–water partition coefficient (Wildman–Crippen LogP) is -0.499. The number of nitrogens with one attached hydrogen (secondary N) is 2. The highest BCUT2D eigenvalue weighted by Crippen LogP contribution is 2.09. The Labute approximate surface area is 143 Å². The SMILES string of the molecule is O=C(CN1CCN(Cc2ccccc2)CC1)NCC1CNCC1O. The van der Waals surface area contributed by atoms with E-state index in [0.717, 1.165) is 39.3 Å². The molecule has 6 heteroatoms. The van der Waals surface area contributed by atoms with Gasteiger partial charge in [-0.3, -0.25) is 14.6 Å². The molecule has 1 amide bonds. The number of piperazine rings is 1. The monoisotopic (exact) mass is 332 g/mol. The van der Waals surface area contributed by atoms with Crippen molar-refractivity contribution in [1.82, 2.24) is 20.4 Å². The van der Waals surface area contributed by atoms with E-state index in [9.17, 15) is 9.90 Å². The zero-order chi connectivity index (χ0) is 16.8. The first-order valence-electron chi connectivity index (χ1n) is 8.85. The third-order valence-electron chi connectivity index (χ3n) is 4.95. The van der Waals surface area contributed by atoms with E-state index in [1.54, 1.807) is 0 Å². The van der Waals surface area contributed by atoms with Crippen molar-refractivity contribution in [2.24, 2.45) is 5.92 Å². The standard InChI is InChI=1S/C18H28N4O2/c23-17-12-19-10-16(17)11-20-18(24)14-22-8-6-21(7-9-22)13-15-4-2-1-3-5-15/h1-5,16-17,19,23H,6-14H2,(H,20,24). The number of benzene rings is 1. The van der Waals surface area contributed by atoms with Crippen LogP contribution in [0.25, 0.3) is 0 Å². The Hall–Kier alpha value is -1.47. The molecular formula is C18H28N4O2. The van der Waals surface area contributed by atoms with Gasteiger partial charge in [-0.25, -0.2) is 0 Å². The van der Waals surface area contributed by atoms with E-state index >= 15 is 0 Å². The average molecular weight is 332 g/mol. The van der Waals surface area contributed by atoms with Crippen LogP contribution in [0, 0.1) is 5.92 Å². The van der Waals surface area contributed by atoms with Gasteiger partial charge in [0.25, 0.3) is 0 Å². The van der Waals surface area contributed by atoms with Crippen molar-refractivity contribution in [3.05, 3.63) is 35.9 Å². The lowest BCUT2D eigenvalue weighted by molar-refractivity contribution is -0.123. The Morgan fingerprint density at radius 3 is 2.50 bits per heavy atom. The van der Waals surface area contributed by atoms with Crippen LogP contribution in [-0.2, 0) is 11.3 Å². The van der Waals surface area contributed by atoms with Crippen molar-refractivity contribution >= 4 is 5.91 Å². The van der Waals surface area contributed by atoms with Crippen molar-refractivity contribution in [3.63, 3.8) is 0 Å². The number of carbonyl (C=O) groups excluding carboxylic acids is 1. The summed E-state index contributed by atoms with van der Waals surface area (Å²) in [5, 5.41) is 15.8. The molecule has 1 aromatic carbocycles. The zero-order valence-electron chi connectivity index (χ0n) is 14.2. The van der Waals surface area contributed by atoms with Gasteiger partial charge in [-0.15, -0.1) is 0 Å². The number of rotatable bonds is 6. The minimum Gasteiger partial charge on any atom is -0.391 e. The molecule has 0 aromatic heterocycles. The number of nitrogens with zero attached hydrogens (tertiary/aromatic N) is 2. The fraction of sp³-hybridized carbons (Fsp3) is 0.611. The van der Waals surface area contributed by atoms with Gasteiger partial charge in [0, 0.05) is 58.3 Å². The van der Waals surface area contributed by atoms with E-state index in [4.69, 9.17) is 0 Å². The average Bonchev–Trinajstić information content (AvgIpc) is 3.01. The highest BCUT2D eigenvalue weighted by Gasteiger charge is 2.25. The fourth-order valence-corrected chi connectivity index (χ4v) is 3.38. The molecule has 2 fully saturated rings. The van der Waals surface area contributed by atoms with Crippen LogP contribution in [0.1, 0.15) is 5.56 Å². The van der Waals surface area contributed by atoms with Gasteiger partial charge in [-0.1, -0.05) is 30.3 Å². The summed E-state index contributed by atoms with van der Waals surface area (Å²) in [6.07, 6.45) is -0.341. The van der Waals surface area contributed by atoms with Crippen LogP contribution in [0.15, 0.2) is 30.3 Å². The molecule has 2 aliphatic heterocycles. The second-order valence-electron chi connectivity index (χ2n) is 6.83. The number of amides is 1. The zero-order valence-corrected chi connectivity index (χ0v) is 14.2. The van der Waals surface area contributed by atoms with Gasteiger partial charge in [0.05, 0.1) is 12.6 Å². The maximum Gasteiger partial charge on any atom is 0.234 e. The fourth-order valence-electron chi connectivity index (χ4n) is 3.38. The molecule has 2 aliphatic rings. The highest BCUT2D eigenvalue weighted by molar-refractivity contribution is 5.78. The molecule has 24 heavy (non-hydrogen) atoms. The lowest BCUT2D eigenvalue weighted by Gasteiger charge is -2.34. The van der Waals surface area contributed by atoms with Gasteiger partial charge in [-0.05, 0) is 5.56 Å². The molecule has 0 spiro atoms. The quantitative estimate of drug-likeness (QED) is 0.655. The van der Waals surface area contributed by atoms with Gasteiger partial charge in [0.1, 0.15) is 0 Å². The maximum absolute atomic E-state index is 12.1. The van der Waals surface area contributed by atoms with E-state index in [2.05, 4.69) is 44.7 Å². The third kappa shape index (κ3) is 5.01. The molecule has 2 atom stereocenters. The minimum absolute atomic E-state index is 0.0607. The Morgan fingerprint density at radius 1 is 1.12 bits per heavy atom. The second kappa shape index (κ2) is 8.58. The van der Waals surface area contributed by atoms with Gasteiger partial charge in [-0.2, -0.15) is 0 Å². The van der Waals surface area contributed by atoms with Gasteiger partial charge < -0.3 is 15.7 Å². The van der Waals surface area contributed by atoms with Crippen LogP contribution in [0.3, 0.4) is 0 Å². The highest BCUT2D eigenvalue weighted by atomic mass is 16.3. The maximum atomic E-state index is 12.1. The third-order valence-corrected chi connectivity index (χ3v) is 4.95. The number of hydrogen-bond acceptors (Lipinski definition) is 5. The van der Waals surface area contributed by atoms with Crippen LogP contribution in [0.5, 0.6) is 0 Å². The summed E-state index contributed by atoms with van der Waals surface area (Å²) >= 11 is 0. The van der Waals surface area contributed by atoms with Crippen LogP contribution in [-0.4, -0.2) is 79.3 Å². The molecule has 1 aromatic rings. The number of aliphatic hydroxyl groups excluding tert-OH is 1. The van der Waals surface area contributed by atoms with Crippen molar-refractivity contribution in [2.45, 2.75) is 12.6 Å². The normalized spacial score (nSPS) is 25.7. The summed E-state index contributed by atoms with van der Waals surface area (Å²) in [5.74, 6) is 0.197. The summed E-state index contributed by atoms with van der Waals surface area (Å²) in [5.41, 5.74) is 1.34. The van der Waals surface area contributed by atoms with Gasteiger partial charge in [0.2, 0.25) is 5.91 Å². The van der Waals surface area contributed by atoms with Crippen LogP contribution >= 0.6 is 0 Å². The van der Waals surface area contributed by atoms with Gasteiger partial charge in [0.15, 0.2) is 0 Å². The van der Waals surface area contributed by atoms with Crippen molar-refractivity contribution in [3.8, 4) is 0 Å². The largest absolute Gasteiger partial charge is 0.391 e. The van der Waals surface area contributed by atoms with E-state index in [1.807, 2.05) is 6.07 Å². The number of β-amino-alcohol motifs (C(OH)–C–C–N with tert-alkyl or cyclic N) is 1. The molecule has 6 nitrogen and oxygen atoms in total. The Balaban J connectivity index is 1.33. The number of carbonyl (C=O) groups is 1. The molecule has 2 unspecified atom stereocenters. The van der Waals surface area contributed by atoms with E-state index in [-0.39, 0.29) is 17.9 Å². The first kappa shape index (κ1) is 17.4. The van der Waals surface area contributed by atoms with E-state index in [0.29, 0.717) is 19.6 Å². The number of hydrogen-bond donors (Lipinski definition) is 3. The summed E-state index contributed by atoms with van der Waals surface area (Å²) in [7, 11) is 0. The summed E-state index contributed by atoms with van der Waals surface area (Å²) < 4.78 is 0. The van der Waals surface area contributed by atoms with Gasteiger partial charge >= 0.3 is 0 Å². The summed E-state index contributed by atoms with van der Waals surface area (Å²) in [6, 6.07) is 10.5. The molecular weight excluding hydrogens is 304 g/mol. The lowest BCUT2D eigenvalue weighted by atomic mass is 10.1. The predicted molar refractivity (Wildman–Crippen MR) is 93.5 cm³/mol. The molecule has 0 bridgehead atoms. The molecule has 2 heterocycles. The van der Waals surface area contributed by atoms with Crippen molar-refractivity contribution < 1.29 is 9.90 Å². The molecule has 0 saturated carbocycles. The molecule has 3 N–H and O–H groups in total. The molecule has 3 rings (SSSR count). The molecule has 0 radical (unpaired) electrons. The van der Waals surface area contributed by atoms with E-state index < -0.39 is 0 Å². The first-order chi connectivity index (χ1) is 11.7. The van der Waals surface area contributed by atoms with Crippen LogP contribution in [0.4, 0.5) is 0 Å². The Morgan fingerprint density at radius 2 is 1.83 bits per heavy atom. The summed E-state index contributed by atoms with van der Waals surface area (Å²) in [6.45, 7) is 7.23. The van der Waals surface area contributed by atoms with Crippen molar-refractivity contribution in [2.75, 3.05) is 52.4 Å². The van der Waals surface area contributed by atoms with Crippen molar-refractivity contribution in [1.29, 1.82) is 0 Å². The molecule has 132 valence electrons. The first-order valence-corrected chi connectivity index (χ1v) is 8.85. The minimum atomic E-state index is -0.341. The summed E-state index contributed by atoms with van der Waals surface area (Å²) in [4.78, 5) is 16.7. The Kier molecular flexibility index (Phi) is 6.20. The smallest absolute Gasteiger partial charge is 0.234 e. The topological polar surface area (TPSA) is 67.8 Å². The lowest BCUT2D eigenvalue weighted by Crippen LogP contribution is -2.49. The van der Waals surface area contributed by atoms with Crippen LogP contribution in [0.2, 0.25) is 0 Å². The molecule has 0 aliphatic carbocycles. The van der Waals surface area contributed by atoms with E-state index in [1.165, 1.54) is 5.56 Å². The Bertz CT molecular complexity index is 517. The second-order valence-corrected chi connectivity index (χ2v) is 6.83. The number of aliphatic hydroxyl groups is 1. The molecule has 2 saturated heterocycles.